The van der Waals surface area contributed by atoms with Crippen LogP contribution in [-0.4, -0.2) is 16.7 Å². The molecule has 3 nitrogen and oxygen atoms in total. The first-order chi connectivity index (χ1) is 7.49. The van der Waals surface area contributed by atoms with Crippen LogP contribution in [0, 0.1) is 0 Å². The molecule has 1 aromatic carbocycles. The maximum Gasteiger partial charge on any atom is 0.347 e. The minimum atomic E-state index is -1.18. The number of hydrogen-bond acceptors (Lipinski definition) is 2. The molecule has 0 heterocycles. The van der Waals surface area contributed by atoms with E-state index in [0.717, 1.165) is 0 Å². The second-order valence-electron chi connectivity index (χ2n) is 4.76. The maximum absolute atomic E-state index is 10.9. The van der Waals surface area contributed by atoms with Crippen molar-refractivity contribution in [2.75, 3.05) is 0 Å². The quantitative estimate of drug-likeness (QED) is 0.848. The lowest BCUT2D eigenvalue weighted by Gasteiger charge is -2.21. The third kappa shape index (κ3) is 2.35. The zero-order chi connectivity index (χ0) is 11.8. The second-order valence-corrected chi connectivity index (χ2v) is 4.76. The van der Waals surface area contributed by atoms with E-state index in [4.69, 9.17) is 9.84 Å². The topological polar surface area (TPSA) is 46.5 Å². The molecule has 1 saturated carbocycles. The van der Waals surface area contributed by atoms with Crippen molar-refractivity contribution in [3.8, 4) is 5.75 Å². The zero-order valence-electron chi connectivity index (χ0n) is 9.56. The molecule has 0 atom stereocenters. The number of benzene rings is 1. The van der Waals surface area contributed by atoms with Crippen molar-refractivity contribution in [3.63, 3.8) is 0 Å². The van der Waals surface area contributed by atoms with Gasteiger partial charge in [0.25, 0.3) is 0 Å². The molecule has 0 saturated heterocycles. The summed E-state index contributed by atoms with van der Waals surface area (Å²) in [6, 6.07) is 7.73. The number of carboxylic acids is 1. The molecular formula is C13H16O3. The van der Waals surface area contributed by atoms with Gasteiger partial charge in [-0.15, -0.1) is 0 Å². The highest BCUT2D eigenvalue weighted by Crippen LogP contribution is 2.40. The number of hydrogen-bond donors (Lipinski definition) is 1. The van der Waals surface area contributed by atoms with E-state index in [1.165, 1.54) is 18.4 Å². The van der Waals surface area contributed by atoms with Gasteiger partial charge in [-0.2, -0.15) is 0 Å². The van der Waals surface area contributed by atoms with Crippen LogP contribution in [0.3, 0.4) is 0 Å². The van der Waals surface area contributed by atoms with Crippen LogP contribution in [0.1, 0.15) is 38.2 Å². The lowest BCUT2D eigenvalue weighted by Crippen LogP contribution is -2.37. The van der Waals surface area contributed by atoms with E-state index in [0.29, 0.717) is 11.7 Å². The average Bonchev–Trinajstić information content (AvgIpc) is 3.01. The first kappa shape index (κ1) is 11.0. The third-order valence-electron chi connectivity index (χ3n) is 2.82. The van der Waals surface area contributed by atoms with Crippen LogP contribution in [0.15, 0.2) is 24.3 Å². The first-order valence-corrected chi connectivity index (χ1v) is 5.51. The molecule has 2 rings (SSSR count). The van der Waals surface area contributed by atoms with Crippen LogP contribution < -0.4 is 4.74 Å². The van der Waals surface area contributed by atoms with Crippen molar-refractivity contribution in [1.82, 2.24) is 0 Å². The Morgan fingerprint density at radius 1 is 1.31 bits per heavy atom. The van der Waals surface area contributed by atoms with Crippen LogP contribution in [0.4, 0.5) is 0 Å². The first-order valence-electron chi connectivity index (χ1n) is 5.51. The van der Waals surface area contributed by atoms with Crippen LogP contribution in [-0.2, 0) is 4.79 Å². The summed E-state index contributed by atoms with van der Waals surface area (Å²) in [5.41, 5.74) is 0.140. The number of ether oxygens (including phenoxy) is 1. The predicted octanol–water partition coefficient (Wildman–Crippen LogP) is 2.81. The zero-order valence-corrected chi connectivity index (χ0v) is 9.56. The molecular weight excluding hydrogens is 204 g/mol. The molecule has 0 unspecified atom stereocenters. The molecule has 0 aliphatic heterocycles. The molecule has 1 N–H and O–H groups in total. The molecule has 1 aromatic rings. The summed E-state index contributed by atoms with van der Waals surface area (Å²) >= 11 is 0. The van der Waals surface area contributed by atoms with Crippen molar-refractivity contribution in [1.29, 1.82) is 0 Å². The summed E-state index contributed by atoms with van der Waals surface area (Å²) in [7, 11) is 0. The van der Waals surface area contributed by atoms with Gasteiger partial charge in [-0.05, 0) is 50.3 Å². The van der Waals surface area contributed by atoms with Crippen LogP contribution in [0.2, 0.25) is 0 Å². The maximum atomic E-state index is 10.9. The normalized spacial score (nSPS) is 15.9. The van der Waals surface area contributed by atoms with Gasteiger partial charge in [0.05, 0.1) is 0 Å². The molecule has 3 heteroatoms. The summed E-state index contributed by atoms with van der Waals surface area (Å²) in [5.74, 6) is 0.358. The molecule has 0 radical (unpaired) electrons. The fourth-order valence-corrected chi connectivity index (χ4v) is 1.56. The van der Waals surface area contributed by atoms with Crippen LogP contribution >= 0.6 is 0 Å². The fourth-order valence-electron chi connectivity index (χ4n) is 1.56. The van der Waals surface area contributed by atoms with E-state index in [1.54, 1.807) is 13.8 Å². The number of carboxylic acid groups (broad SMARTS) is 1. The minimum Gasteiger partial charge on any atom is -0.478 e. The van der Waals surface area contributed by atoms with Crippen molar-refractivity contribution in [3.05, 3.63) is 29.8 Å². The molecule has 86 valence electrons. The fraction of sp³-hybridized carbons (Fsp3) is 0.462. The molecule has 16 heavy (non-hydrogen) atoms. The Hall–Kier alpha value is -1.51. The molecule has 1 aliphatic carbocycles. The highest BCUT2D eigenvalue weighted by molar-refractivity contribution is 5.76. The number of carbonyl (C=O) groups is 1. The Labute approximate surface area is 95.0 Å². The molecule has 0 aromatic heterocycles. The van der Waals surface area contributed by atoms with Gasteiger partial charge in [0, 0.05) is 0 Å². The van der Waals surface area contributed by atoms with E-state index < -0.39 is 11.6 Å². The van der Waals surface area contributed by atoms with Crippen LogP contribution in [0.5, 0.6) is 5.75 Å². The van der Waals surface area contributed by atoms with Crippen molar-refractivity contribution in [2.24, 2.45) is 0 Å². The highest BCUT2D eigenvalue weighted by Gasteiger charge is 2.29. The van der Waals surface area contributed by atoms with Crippen LogP contribution in [0.25, 0.3) is 0 Å². The Bertz CT molecular complexity index is 388. The van der Waals surface area contributed by atoms with Crippen molar-refractivity contribution >= 4 is 5.97 Å². The monoisotopic (exact) mass is 220 g/mol. The van der Waals surface area contributed by atoms with E-state index in [1.807, 2.05) is 24.3 Å². The van der Waals surface area contributed by atoms with Gasteiger partial charge in [-0.1, -0.05) is 12.1 Å². The summed E-state index contributed by atoms with van der Waals surface area (Å²) in [5, 5.41) is 8.93. The summed E-state index contributed by atoms with van der Waals surface area (Å²) in [4.78, 5) is 10.9. The SMILES string of the molecule is CC(C)(Oc1ccc(C2CC2)cc1)C(=O)O. The Morgan fingerprint density at radius 3 is 2.31 bits per heavy atom. The lowest BCUT2D eigenvalue weighted by molar-refractivity contribution is -0.152. The van der Waals surface area contributed by atoms with Crippen molar-refractivity contribution in [2.45, 2.75) is 38.2 Å². The summed E-state index contributed by atoms with van der Waals surface area (Å²) in [6.07, 6.45) is 2.53. The predicted molar refractivity (Wildman–Crippen MR) is 60.8 cm³/mol. The van der Waals surface area contributed by atoms with Gasteiger partial charge in [-0.25, -0.2) is 4.79 Å². The minimum absolute atomic E-state index is 0.608. The molecule has 0 amide bonds. The largest absolute Gasteiger partial charge is 0.478 e. The van der Waals surface area contributed by atoms with E-state index in [2.05, 4.69) is 0 Å². The highest BCUT2D eigenvalue weighted by atomic mass is 16.5. The Balaban J connectivity index is 2.07. The van der Waals surface area contributed by atoms with Gasteiger partial charge in [0.2, 0.25) is 0 Å². The third-order valence-corrected chi connectivity index (χ3v) is 2.82. The Morgan fingerprint density at radius 2 is 1.88 bits per heavy atom. The smallest absolute Gasteiger partial charge is 0.347 e. The molecule has 1 fully saturated rings. The van der Waals surface area contributed by atoms with Gasteiger partial charge >= 0.3 is 5.97 Å². The Kier molecular flexibility index (Phi) is 2.62. The number of aliphatic carboxylic acids is 1. The molecule has 0 bridgehead atoms. The van der Waals surface area contributed by atoms with Crippen molar-refractivity contribution < 1.29 is 14.6 Å². The summed E-state index contributed by atoms with van der Waals surface area (Å²) < 4.78 is 5.42. The van der Waals surface area contributed by atoms with E-state index in [-0.39, 0.29) is 0 Å². The van der Waals surface area contributed by atoms with Gasteiger partial charge in [0.1, 0.15) is 5.75 Å². The number of rotatable bonds is 4. The lowest BCUT2D eigenvalue weighted by atomic mass is 10.1. The standard InChI is InChI=1S/C13H16O3/c1-13(2,12(14)15)16-11-7-5-10(6-8-11)9-3-4-9/h5-9H,3-4H2,1-2H3,(H,14,15). The van der Waals surface area contributed by atoms with E-state index >= 15 is 0 Å². The molecule has 1 aliphatic rings. The van der Waals surface area contributed by atoms with Gasteiger partial charge in [0.15, 0.2) is 5.60 Å². The molecule has 0 spiro atoms. The second kappa shape index (κ2) is 3.81. The van der Waals surface area contributed by atoms with E-state index in [9.17, 15) is 4.79 Å². The summed E-state index contributed by atoms with van der Waals surface area (Å²) in [6.45, 7) is 3.09. The van der Waals surface area contributed by atoms with Gasteiger partial charge < -0.3 is 9.84 Å². The average molecular weight is 220 g/mol. The van der Waals surface area contributed by atoms with Gasteiger partial charge in [-0.3, -0.25) is 0 Å².